The van der Waals surface area contributed by atoms with Crippen LogP contribution < -0.4 is 0 Å². The first kappa shape index (κ1) is 39.9. The van der Waals surface area contributed by atoms with Gasteiger partial charge in [-0.1, -0.05) is 48.5 Å². The Kier molecular flexibility index (Phi) is 9.07. The number of hydrogen-bond acceptors (Lipinski definition) is 9. The monoisotopic (exact) mass is 805 g/mol. The molecule has 1 saturated heterocycles. The third-order valence-electron chi connectivity index (χ3n) is 20.0. The van der Waals surface area contributed by atoms with E-state index in [2.05, 4.69) is 34.6 Å². The number of hydrogen-bond donors (Lipinski definition) is 1. The van der Waals surface area contributed by atoms with Gasteiger partial charge in [0, 0.05) is 12.3 Å². The van der Waals surface area contributed by atoms with Crippen LogP contribution in [0.3, 0.4) is 0 Å². The molecule has 0 amide bonds. The van der Waals surface area contributed by atoms with E-state index >= 15 is 4.79 Å². The number of aliphatic hydroxyl groups is 1. The van der Waals surface area contributed by atoms with Crippen LogP contribution in [0, 0.1) is 93.2 Å². The van der Waals surface area contributed by atoms with E-state index < -0.39 is 45.4 Å². The highest BCUT2D eigenvalue weighted by Gasteiger charge is 2.76. The van der Waals surface area contributed by atoms with Gasteiger partial charge in [-0.3, -0.25) is 19.2 Å². The summed E-state index contributed by atoms with van der Waals surface area (Å²) in [5, 5.41) is 11.6. The van der Waals surface area contributed by atoms with Crippen LogP contribution in [0.1, 0.15) is 158 Å². The molecule has 1 aliphatic heterocycles. The third-order valence-corrected chi connectivity index (χ3v) is 20.0. The van der Waals surface area contributed by atoms with Crippen molar-refractivity contribution in [3.63, 3.8) is 0 Å². The number of carbonyl (C=O) groups is 4. The molecule has 0 aromatic rings. The molecule has 11 aliphatic rings. The standard InChI is InChI=1S/C49H72O9/c1-8-37(42(52)56-39-29-15-34-35(16-29)41(51)55-22-36(34)39)45(6,7)21-38(43(53)58-49(9-2)30-11-27-10-28(13-30)14-31(49)12-27)44(4,5)18-26(3)40(50)57-47-20-33-17-32-19-46(54,23-47)24-48(32,33)25-47/h26-39,54H,8-25H2,1-7H3. The molecule has 10 aliphatic carbocycles. The van der Waals surface area contributed by atoms with Crippen LogP contribution in [0.5, 0.6) is 0 Å². The van der Waals surface area contributed by atoms with Gasteiger partial charge < -0.3 is 24.1 Å². The van der Waals surface area contributed by atoms with Crippen molar-refractivity contribution in [3.05, 3.63) is 0 Å². The molecule has 13 atom stereocenters. The van der Waals surface area contributed by atoms with Gasteiger partial charge in [-0.25, -0.2) is 0 Å². The van der Waals surface area contributed by atoms with E-state index in [1.165, 1.54) is 6.42 Å². The average Bonchev–Trinajstić information content (AvgIpc) is 3.82. The second-order valence-electron chi connectivity index (χ2n) is 24.2. The van der Waals surface area contributed by atoms with E-state index in [0.29, 0.717) is 56.0 Å². The smallest absolute Gasteiger partial charge is 0.310 e. The van der Waals surface area contributed by atoms with Crippen LogP contribution in [-0.4, -0.2) is 58.5 Å². The molecule has 0 aromatic heterocycles. The molecule has 9 nitrogen and oxygen atoms in total. The minimum Gasteiger partial charge on any atom is -0.465 e. The topological polar surface area (TPSA) is 125 Å². The third kappa shape index (κ3) is 5.88. The van der Waals surface area contributed by atoms with Crippen LogP contribution in [-0.2, 0) is 38.1 Å². The Morgan fingerprint density at radius 1 is 0.759 bits per heavy atom. The summed E-state index contributed by atoms with van der Waals surface area (Å²) >= 11 is 0. The van der Waals surface area contributed by atoms with Crippen LogP contribution in [0.25, 0.3) is 0 Å². The Balaban J connectivity index is 0.885. The maximum Gasteiger partial charge on any atom is 0.310 e. The number of carbonyl (C=O) groups excluding carboxylic acids is 4. The van der Waals surface area contributed by atoms with Crippen molar-refractivity contribution >= 4 is 23.9 Å². The Bertz CT molecular complexity index is 1700. The maximum absolute atomic E-state index is 15.2. The highest BCUT2D eigenvalue weighted by Crippen LogP contribution is 2.78. The van der Waals surface area contributed by atoms with E-state index in [0.717, 1.165) is 88.9 Å². The zero-order valence-corrected chi connectivity index (χ0v) is 36.5. The second-order valence-corrected chi connectivity index (χ2v) is 24.2. The molecule has 13 unspecified atom stereocenters. The molecule has 322 valence electrons. The van der Waals surface area contributed by atoms with Crippen LogP contribution in [0.4, 0.5) is 0 Å². The van der Waals surface area contributed by atoms with Crippen molar-refractivity contribution in [2.24, 2.45) is 93.2 Å². The molecular weight excluding hydrogens is 733 g/mol. The number of ether oxygens (including phenoxy) is 4. The van der Waals surface area contributed by atoms with Crippen molar-refractivity contribution < 1.29 is 43.2 Å². The van der Waals surface area contributed by atoms with Gasteiger partial charge in [-0.15, -0.1) is 0 Å². The molecule has 11 rings (SSSR count). The molecule has 1 heterocycles. The predicted octanol–water partition coefficient (Wildman–Crippen LogP) is 8.61. The lowest BCUT2D eigenvalue weighted by Gasteiger charge is -2.60. The number of fused-ring (bicyclic) bond motifs is 3. The fourth-order valence-corrected chi connectivity index (χ4v) is 17.8. The molecule has 58 heavy (non-hydrogen) atoms. The molecule has 1 spiro atoms. The first-order valence-corrected chi connectivity index (χ1v) is 23.9. The SMILES string of the molecule is CCC(C(=O)OC1C2CC3C(=O)OCC1C3C2)C(C)(C)CC(C(=O)OC1(CC)C2CC3CC(C2)CC1C3)C(C)(C)CC(C)C(=O)OC12CC3CC4CC(O)(C1)CC43C2. The van der Waals surface area contributed by atoms with Crippen molar-refractivity contribution in [2.75, 3.05) is 6.61 Å². The Labute approximate surface area is 346 Å². The molecule has 1 N–H and O–H groups in total. The van der Waals surface area contributed by atoms with Gasteiger partial charge >= 0.3 is 23.9 Å². The first-order valence-electron chi connectivity index (χ1n) is 23.9. The summed E-state index contributed by atoms with van der Waals surface area (Å²) in [4.78, 5) is 56.2. The van der Waals surface area contributed by atoms with E-state index in [-0.39, 0.29) is 59.1 Å². The van der Waals surface area contributed by atoms with Crippen LogP contribution in [0.15, 0.2) is 0 Å². The lowest BCUT2D eigenvalue weighted by molar-refractivity contribution is -0.219. The Morgan fingerprint density at radius 3 is 2.10 bits per heavy atom. The van der Waals surface area contributed by atoms with Crippen molar-refractivity contribution in [2.45, 2.75) is 181 Å². The summed E-state index contributed by atoms with van der Waals surface area (Å²) in [6.45, 7) is 15.0. The van der Waals surface area contributed by atoms with E-state index in [1.807, 2.05) is 13.8 Å². The molecule has 9 bridgehead atoms. The Hall–Kier alpha value is -2.16. The zero-order chi connectivity index (χ0) is 40.9. The summed E-state index contributed by atoms with van der Waals surface area (Å²) in [6, 6.07) is 0. The molecule has 11 fully saturated rings. The number of rotatable bonds is 14. The predicted molar refractivity (Wildman–Crippen MR) is 214 cm³/mol. The van der Waals surface area contributed by atoms with E-state index in [1.54, 1.807) is 0 Å². The maximum atomic E-state index is 15.2. The molecule has 10 saturated carbocycles. The first-order chi connectivity index (χ1) is 27.3. The lowest BCUT2D eigenvalue weighted by atomic mass is 9.49. The normalized spacial score (nSPS) is 47.6. The van der Waals surface area contributed by atoms with E-state index in [4.69, 9.17) is 18.9 Å². The van der Waals surface area contributed by atoms with Gasteiger partial charge in [-0.05, 0) is 166 Å². The van der Waals surface area contributed by atoms with Crippen LogP contribution in [0.2, 0.25) is 0 Å². The zero-order valence-electron chi connectivity index (χ0n) is 36.5. The van der Waals surface area contributed by atoms with Gasteiger partial charge in [0.15, 0.2) is 0 Å². The van der Waals surface area contributed by atoms with Gasteiger partial charge in [-0.2, -0.15) is 0 Å². The molecule has 9 heteroatoms. The largest absolute Gasteiger partial charge is 0.465 e. The van der Waals surface area contributed by atoms with Gasteiger partial charge in [0.1, 0.15) is 17.3 Å². The summed E-state index contributed by atoms with van der Waals surface area (Å²) in [5.74, 6) is 1.64. The second kappa shape index (κ2) is 13.2. The molecule has 0 aromatic carbocycles. The quantitative estimate of drug-likeness (QED) is 0.136. The fraction of sp³-hybridized carbons (Fsp3) is 0.918. The fourth-order valence-electron chi connectivity index (χ4n) is 17.8. The summed E-state index contributed by atoms with van der Waals surface area (Å²) < 4.78 is 25.6. The van der Waals surface area contributed by atoms with Crippen molar-refractivity contribution in [3.8, 4) is 0 Å². The van der Waals surface area contributed by atoms with Gasteiger partial charge in [0.25, 0.3) is 0 Å². The highest BCUT2D eigenvalue weighted by molar-refractivity contribution is 5.77. The Morgan fingerprint density at radius 2 is 1.43 bits per heavy atom. The molecule has 0 radical (unpaired) electrons. The highest BCUT2D eigenvalue weighted by atomic mass is 16.6. The van der Waals surface area contributed by atoms with Gasteiger partial charge in [0.2, 0.25) is 0 Å². The number of esters is 4. The minimum atomic E-state index is -0.718. The number of cyclic esters (lactones) is 1. The molecular formula is C49H72O9. The lowest BCUT2D eigenvalue weighted by Crippen LogP contribution is -2.60. The summed E-state index contributed by atoms with van der Waals surface area (Å²) in [6.07, 6.45) is 14.7. The van der Waals surface area contributed by atoms with Crippen molar-refractivity contribution in [1.29, 1.82) is 0 Å². The summed E-state index contributed by atoms with van der Waals surface area (Å²) in [5.41, 5.74) is -2.87. The van der Waals surface area contributed by atoms with Crippen molar-refractivity contribution in [1.82, 2.24) is 0 Å². The minimum absolute atomic E-state index is 0.0595. The van der Waals surface area contributed by atoms with Gasteiger partial charge in [0.05, 0.1) is 35.9 Å². The van der Waals surface area contributed by atoms with E-state index in [9.17, 15) is 19.5 Å². The summed E-state index contributed by atoms with van der Waals surface area (Å²) in [7, 11) is 0. The average molecular weight is 805 g/mol. The van der Waals surface area contributed by atoms with Crippen LogP contribution >= 0.6 is 0 Å².